The number of sulfonamides is 1. The van der Waals surface area contributed by atoms with E-state index in [4.69, 9.17) is 27.9 Å². The third-order valence-electron chi connectivity index (χ3n) is 3.04. The minimum atomic E-state index is -3.69. The van der Waals surface area contributed by atoms with Crippen molar-refractivity contribution in [1.82, 2.24) is 14.5 Å². The molecule has 0 saturated carbocycles. The second kappa shape index (κ2) is 7.62. The van der Waals surface area contributed by atoms with E-state index in [-0.39, 0.29) is 27.6 Å². The lowest BCUT2D eigenvalue weighted by Crippen LogP contribution is -2.35. The van der Waals surface area contributed by atoms with Crippen molar-refractivity contribution < 1.29 is 13.2 Å². The Morgan fingerprint density at radius 2 is 1.92 bits per heavy atom. The third-order valence-corrected chi connectivity index (χ3v) is 5.39. The molecule has 1 atom stereocenters. The molecule has 1 aromatic carbocycles. The topological polar surface area (TPSA) is 90.3 Å². The summed E-state index contributed by atoms with van der Waals surface area (Å²) >= 11 is 11.5. The number of rotatable bonds is 6. The molecule has 0 unspecified atom stereocenters. The van der Waals surface area contributed by atoms with Gasteiger partial charge in [-0.1, -0.05) is 23.2 Å². The summed E-state index contributed by atoms with van der Waals surface area (Å²) in [6, 6.07) is 5.27. The smallest absolute Gasteiger partial charge is 0.291 e. The molecule has 2 rings (SSSR count). The van der Waals surface area contributed by atoms with Gasteiger partial charge in [0, 0.05) is 13.2 Å². The van der Waals surface area contributed by atoms with Gasteiger partial charge >= 0.3 is 0 Å². The first-order chi connectivity index (χ1) is 11.3. The van der Waals surface area contributed by atoms with E-state index < -0.39 is 15.6 Å². The molecule has 0 fully saturated rings. The first-order valence-corrected chi connectivity index (χ1v) is 9.05. The number of halogens is 2. The highest BCUT2D eigenvalue weighted by molar-refractivity contribution is 7.89. The maximum Gasteiger partial charge on any atom is 0.291 e. The molecule has 130 valence electrons. The minimum absolute atomic E-state index is 0.0495. The average molecular weight is 392 g/mol. The van der Waals surface area contributed by atoms with Gasteiger partial charge < -0.3 is 4.74 Å². The van der Waals surface area contributed by atoms with Gasteiger partial charge in [-0.15, -0.1) is 0 Å². The molecular weight excluding hydrogens is 377 g/mol. The first kappa shape index (κ1) is 18.9. The molecule has 0 aliphatic carbocycles. The van der Waals surface area contributed by atoms with E-state index in [1.165, 1.54) is 37.6 Å². The monoisotopic (exact) mass is 391 g/mol. The zero-order valence-corrected chi connectivity index (χ0v) is 15.2. The van der Waals surface area contributed by atoms with E-state index in [1.54, 1.807) is 6.92 Å². The van der Waals surface area contributed by atoms with Gasteiger partial charge in [-0.3, -0.25) is 4.79 Å². The highest BCUT2D eigenvalue weighted by atomic mass is 35.5. The van der Waals surface area contributed by atoms with Crippen LogP contribution in [0.25, 0.3) is 5.69 Å². The molecule has 0 spiro atoms. The molecule has 24 heavy (non-hydrogen) atoms. The summed E-state index contributed by atoms with van der Waals surface area (Å²) in [5.74, 6) is 0. The summed E-state index contributed by atoms with van der Waals surface area (Å²) in [5.41, 5.74) is -0.228. The van der Waals surface area contributed by atoms with Crippen molar-refractivity contribution in [2.24, 2.45) is 0 Å². The van der Waals surface area contributed by atoms with E-state index in [9.17, 15) is 13.2 Å². The Labute approximate surface area is 149 Å². The number of benzene rings is 1. The number of aromatic nitrogens is 2. The highest BCUT2D eigenvalue weighted by Crippen LogP contribution is 2.17. The normalized spacial score (nSPS) is 13.0. The SMILES string of the molecule is COC[C@H](C)NS(=O)(=O)c1ccc(-n2ncc(Cl)c(Cl)c2=O)cc1. The Hall–Kier alpha value is -1.45. The van der Waals surface area contributed by atoms with Crippen LogP contribution in [0.15, 0.2) is 40.2 Å². The Morgan fingerprint density at radius 3 is 2.50 bits per heavy atom. The van der Waals surface area contributed by atoms with Gasteiger partial charge in [0.2, 0.25) is 10.0 Å². The summed E-state index contributed by atoms with van der Waals surface area (Å²) in [4.78, 5) is 12.1. The predicted molar refractivity (Wildman–Crippen MR) is 91.5 cm³/mol. The lowest BCUT2D eigenvalue weighted by molar-refractivity contribution is 0.180. The molecule has 0 saturated heterocycles. The predicted octanol–water partition coefficient (Wildman–Crippen LogP) is 1.85. The quantitative estimate of drug-likeness (QED) is 0.811. The summed E-state index contributed by atoms with van der Waals surface area (Å²) in [6.45, 7) is 1.94. The van der Waals surface area contributed by atoms with Crippen LogP contribution in [-0.4, -0.2) is 38.0 Å². The minimum Gasteiger partial charge on any atom is -0.383 e. The van der Waals surface area contributed by atoms with Crippen molar-refractivity contribution >= 4 is 33.2 Å². The molecule has 0 aliphatic heterocycles. The lowest BCUT2D eigenvalue weighted by Gasteiger charge is -2.13. The van der Waals surface area contributed by atoms with Crippen molar-refractivity contribution in [2.45, 2.75) is 17.9 Å². The summed E-state index contributed by atoms with van der Waals surface area (Å²) in [5, 5.41) is 3.77. The van der Waals surface area contributed by atoms with Gasteiger partial charge in [-0.2, -0.15) is 9.78 Å². The van der Waals surface area contributed by atoms with Gasteiger partial charge in [0.15, 0.2) is 0 Å². The standard InChI is InChI=1S/C14H15Cl2N3O4S/c1-9(8-23-2)18-24(21,22)11-5-3-10(4-6-11)19-14(20)13(16)12(15)7-17-19/h3-7,9,18H,8H2,1-2H3/t9-/m0/s1. The van der Waals surface area contributed by atoms with Crippen molar-refractivity contribution in [2.75, 3.05) is 13.7 Å². The van der Waals surface area contributed by atoms with Crippen LogP contribution < -0.4 is 10.3 Å². The molecule has 1 aromatic heterocycles. The number of hydrogen-bond acceptors (Lipinski definition) is 5. The number of ether oxygens (including phenoxy) is 1. The molecule has 0 aliphatic rings. The largest absolute Gasteiger partial charge is 0.383 e. The zero-order valence-electron chi connectivity index (χ0n) is 12.9. The molecule has 2 aromatic rings. The molecular formula is C14H15Cl2N3O4S. The Bertz CT molecular complexity index is 882. The second-order valence-electron chi connectivity index (χ2n) is 5.00. The van der Waals surface area contributed by atoms with E-state index in [0.29, 0.717) is 5.69 Å². The molecule has 1 heterocycles. The van der Waals surface area contributed by atoms with Crippen LogP contribution in [0.5, 0.6) is 0 Å². The van der Waals surface area contributed by atoms with Crippen molar-refractivity contribution in [3.05, 3.63) is 50.9 Å². The molecule has 1 N–H and O–H groups in total. The molecule has 0 amide bonds. The van der Waals surface area contributed by atoms with E-state index >= 15 is 0 Å². The van der Waals surface area contributed by atoms with Crippen LogP contribution in [0.3, 0.4) is 0 Å². The van der Waals surface area contributed by atoms with Gasteiger partial charge in [-0.05, 0) is 31.2 Å². The second-order valence-corrected chi connectivity index (χ2v) is 7.49. The van der Waals surface area contributed by atoms with Crippen LogP contribution in [-0.2, 0) is 14.8 Å². The van der Waals surface area contributed by atoms with Crippen LogP contribution in [0, 0.1) is 0 Å². The third kappa shape index (κ3) is 4.14. The zero-order chi connectivity index (χ0) is 17.9. The number of methoxy groups -OCH3 is 1. The summed E-state index contributed by atoms with van der Waals surface area (Å²) in [7, 11) is -2.20. The maximum absolute atomic E-state index is 12.2. The molecule has 7 nitrogen and oxygen atoms in total. The van der Waals surface area contributed by atoms with Gasteiger partial charge in [-0.25, -0.2) is 13.1 Å². The van der Waals surface area contributed by atoms with Crippen LogP contribution in [0.4, 0.5) is 0 Å². The van der Waals surface area contributed by atoms with E-state index in [2.05, 4.69) is 9.82 Å². The fourth-order valence-electron chi connectivity index (χ4n) is 1.98. The van der Waals surface area contributed by atoms with Gasteiger partial charge in [0.1, 0.15) is 5.02 Å². The number of nitrogens with one attached hydrogen (secondary N) is 1. The van der Waals surface area contributed by atoms with E-state index in [0.717, 1.165) is 4.68 Å². The van der Waals surface area contributed by atoms with Crippen molar-refractivity contribution in [3.8, 4) is 5.69 Å². The van der Waals surface area contributed by atoms with Gasteiger partial charge in [0.25, 0.3) is 5.56 Å². The highest BCUT2D eigenvalue weighted by Gasteiger charge is 2.17. The van der Waals surface area contributed by atoms with Gasteiger partial charge in [0.05, 0.1) is 28.4 Å². The number of nitrogens with zero attached hydrogens (tertiary/aromatic N) is 2. The van der Waals surface area contributed by atoms with Crippen LogP contribution in [0.2, 0.25) is 10.0 Å². The Morgan fingerprint density at radius 1 is 1.29 bits per heavy atom. The van der Waals surface area contributed by atoms with Crippen LogP contribution in [0.1, 0.15) is 6.92 Å². The fourth-order valence-corrected chi connectivity index (χ4v) is 3.46. The van der Waals surface area contributed by atoms with Crippen molar-refractivity contribution in [1.29, 1.82) is 0 Å². The molecule has 10 heteroatoms. The first-order valence-electron chi connectivity index (χ1n) is 6.81. The Kier molecular flexibility index (Phi) is 6.00. The number of hydrogen-bond donors (Lipinski definition) is 1. The van der Waals surface area contributed by atoms with Crippen molar-refractivity contribution in [3.63, 3.8) is 0 Å². The Balaban J connectivity index is 2.32. The van der Waals surface area contributed by atoms with E-state index in [1.807, 2.05) is 0 Å². The average Bonchev–Trinajstić information content (AvgIpc) is 2.53. The fraction of sp³-hybridized carbons (Fsp3) is 0.286. The van der Waals surface area contributed by atoms with Crippen LogP contribution >= 0.6 is 23.2 Å². The summed E-state index contributed by atoms with van der Waals surface area (Å²) < 4.78 is 32.9. The lowest BCUT2D eigenvalue weighted by atomic mass is 10.3. The maximum atomic E-state index is 12.2. The molecule has 0 bridgehead atoms. The molecule has 0 radical (unpaired) electrons. The summed E-state index contributed by atoms with van der Waals surface area (Å²) in [6.07, 6.45) is 1.24.